The first-order valence-electron chi connectivity index (χ1n) is 6.66. The Balaban J connectivity index is 2.39. The molecule has 0 aliphatic rings. The van der Waals surface area contributed by atoms with Gasteiger partial charge in [-0.15, -0.1) is 11.3 Å². The molecule has 0 aliphatic carbocycles. The third-order valence-corrected chi connectivity index (χ3v) is 4.14. The summed E-state index contributed by atoms with van der Waals surface area (Å²) in [5.41, 5.74) is 1.60. The van der Waals surface area contributed by atoms with Gasteiger partial charge in [-0.1, -0.05) is 13.3 Å². The Morgan fingerprint density at radius 3 is 2.80 bits per heavy atom. The summed E-state index contributed by atoms with van der Waals surface area (Å²) in [6.07, 6.45) is 1.95. The van der Waals surface area contributed by atoms with Crippen molar-refractivity contribution in [2.75, 3.05) is 14.2 Å². The fourth-order valence-electron chi connectivity index (χ4n) is 2.03. The van der Waals surface area contributed by atoms with E-state index < -0.39 is 0 Å². The molecular weight excluding hydrogens is 275 g/mol. The highest BCUT2D eigenvalue weighted by Gasteiger charge is 2.15. The number of methoxy groups -OCH3 is 1. The van der Waals surface area contributed by atoms with Crippen molar-refractivity contribution in [3.63, 3.8) is 0 Å². The molecule has 1 N–H and O–H groups in total. The lowest BCUT2D eigenvalue weighted by Gasteiger charge is -2.02. The van der Waals surface area contributed by atoms with E-state index in [1.54, 1.807) is 23.5 Å². The molecule has 0 atom stereocenters. The van der Waals surface area contributed by atoms with Crippen molar-refractivity contribution in [2.45, 2.75) is 26.3 Å². The van der Waals surface area contributed by atoms with E-state index in [2.05, 4.69) is 17.2 Å². The lowest BCUT2D eigenvalue weighted by atomic mass is 10.2. The van der Waals surface area contributed by atoms with Crippen molar-refractivity contribution in [3.8, 4) is 16.3 Å². The third-order valence-electron chi connectivity index (χ3n) is 3.01. The van der Waals surface area contributed by atoms with Crippen molar-refractivity contribution in [3.05, 3.63) is 34.6 Å². The van der Waals surface area contributed by atoms with Crippen molar-refractivity contribution in [2.24, 2.45) is 0 Å². The highest BCUT2D eigenvalue weighted by atomic mass is 32.1. The molecular formula is C15H19FN2OS. The Labute approximate surface area is 122 Å². The lowest BCUT2D eigenvalue weighted by molar-refractivity contribution is 0.411. The van der Waals surface area contributed by atoms with Gasteiger partial charge in [0.05, 0.1) is 12.8 Å². The predicted molar refractivity (Wildman–Crippen MR) is 80.8 cm³/mol. The number of halogens is 1. The molecule has 1 aromatic carbocycles. The van der Waals surface area contributed by atoms with Crippen LogP contribution in [0.1, 0.15) is 23.9 Å². The molecule has 0 fully saturated rings. The monoisotopic (exact) mass is 294 g/mol. The van der Waals surface area contributed by atoms with Crippen LogP contribution >= 0.6 is 11.3 Å². The van der Waals surface area contributed by atoms with E-state index in [0.717, 1.165) is 30.1 Å². The summed E-state index contributed by atoms with van der Waals surface area (Å²) in [4.78, 5) is 5.78. The van der Waals surface area contributed by atoms with Crippen LogP contribution in [0.3, 0.4) is 0 Å². The van der Waals surface area contributed by atoms with Gasteiger partial charge in [0.2, 0.25) is 0 Å². The van der Waals surface area contributed by atoms with Gasteiger partial charge in [-0.25, -0.2) is 9.37 Å². The minimum absolute atomic E-state index is 0.294. The number of aromatic nitrogens is 1. The molecule has 108 valence electrons. The van der Waals surface area contributed by atoms with Gasteiger partial charge in [0.15, 0.2) is 0 Å². The van der Waals surface area contributed by atoms with Gasteiger partial charge in [-0.05, 0) is 25.6 Å². The van der Waals surface area contributed by atoms with E-state index in [0.29, 0.717) is 11.3 Å². The zero-order chi connectivity index (χ0) is 14.5. The second-order valence-corrected chi connectivity index (χ2v) is 5.60. The summed E-state index contributed by atoms with van der Waals surface area (Å²) < 4.78 is 19.1. The molecule has 1 aromatic heterocycles. The van der Waals surface area contributed by atoms with Crippen LogP contribution < -0.4 is 10.1 Å². The Morgan fingerprint density at radius 2 is 2.20 bits per heavy atom. The van der Waals surface area contributed by atoms with E-state index in [4.69, 9.17) is 4.74 Å². The van der Waals surface area contributed by atoms with Crippen LogP contribution in [0.2, 0.25) is 0 Å². The second-order valence-electron chi connectivity index (χ2n) is 4.51. The maximum absolute atomic E-state index is 14.1. The van der Waals surface area contributed by atoms with Crippen LogP contribution in [0.5, 0.6) is 5.75 Å². The summed E-state index contributed by atoms with van der Waals surface area (Å²) in [6, 6.07) is 4.89. The predicted octanol–water partition coefficient (Wildman–Crippen LogP) is 3.63. The highest BCUT2D eigenvalue weighted by molar-refractivity contribution is 7.15. The maximum Gasteiger partial charge on any atom is 0.137 e. The Morgan fingerprint density at radius 1 is 1.40 bits per heavy atom. The van der Waals surface area contributed by atoms with E-state index in [1.165, 1.54) is 18.1 Å². The van der Waals surface area contributed by atoms with Gasteiger partial charge in [0.1, 0.15) is 16.6 Å². The average molecular weight is 294 g/mol. The number of hydrogen-bond acceptors (Lipinski definition) is 4. The van der Waals surface area contributed by atoms with Crippen LogP contribution in [0.4, 0.5) is 4.39 Å². The van der Waals surface area contributed by atoms with Crippen molar-refractivity contribution >= 4 is 11.3 Å². The Kier molecular flexibility index (Phi) is 5.09. The quantitative estimate of drug-likeness (QED) is 0.883. The SMILES string of the molecule is CCCc1nc(-c2ccc(OC)cc2F)sc1CNC. The molecule has 0 unspecified atom stereocenters. The van der Waals surface area contributed by atoms with Crippen LogP contribution in [-0.2, 0) is 13.0 Å². The summed E-state index contributed by atoms with van der Waals surface area (Å²) in [6.45, 7) is 2.89. The highest BCUT2D eigenvalue weighted by Crippen LogP contribution is 2.32. The van der Waals surface area contributed by atoms with Crippen LogP contribution in [0.25, 0.3) is 10.6 Å². The standard InChI is InChI=1S/C15H19FN2OS/c1-4-5-13-14(9-17-2)20-15(18-13)11-7-6-10(19-3)8-12(11)16/h6-8,17H,4-5,9H2,1-3H3. The lowest BCUT2D eigenvalue weighted by Crippen LogP contribution is -2.05. The van der Waals surface area contributed by atoms with E-state index >= 15 is 0 Å². The minimum atomic E-state index is -0.294. The molecule has 2 aromatic rings. The molecule has 3 nitrogen and oxygen atoms in total. The van der Waals surface area contributed by atoms with Crippen molar-refractivity contribution < 1.29 is 9.13 Å². The molecule has 0 amide bonds. The van der Waals surface area contributed by atoms with Crippen molar-refractivity contribution in [1.82, 2.24) is 10.3 Å². The Hall–Kier alpha value is -1.46. The first-order chi connectivity index (χ1) is 9.69. The number of nitrogens with one attached hydrogen (secondary N) is 1. The van der Waals surface area contributed by atoms with Gasteiger partial charge in [-0.3, -0.25) is 0 Å². The zero-order valence-electron chi connectivity index (χ0n) is 12.0. The van der Waals surface area contributed by atoms with Gasteiger partial charge in [0, 0.05) is 23.1 Å². The smallest absolute Gasteiger partial charge is 0.137 e. The number of hydrogen-bond donors (Lipinski definition) is 1. The fourth-order valence-corrected chi connectivity index (χ4v) is 3.17. The molecule has 20 heavy (non-hydrogen) atoms. The van der Waals surface area contributed by atoms with Gasteiger partial charge in [-0.2, -0.15) is 0 Å². The molecule has 0 saturated carbocycles. The number of ether oxygens (including phenoxy) is 1. The van der Waals surface area contributed by atoms with Crippen molar-refractivity contribution in [1.29, 1.82) is 0 Å². The fraction of sp³-hybridized carbons (Fsp3) is 0.400. The van der Waals surface area contributed by atoms with Gasteiger partial charge in [0.25, 0.3) is 0 Å². The number of benzene rings is 1. The third kappa shape index (κ3) is 3.16. The summed E-state index contributed by atoms with van der Waals surface area (Å²) >= 11 is 1.55. The van der Waals surface area contributed by atoms with Crippen LogP contribution in [-0.4, -0.2) is 19.1 Å². The molecule has 0 spiro atoms. The van der Waals surface area contributed by atoms with Crippen LogP contribution in [0.15, 0.2) is 18.2 Å². The number of rotatable bonds is 6. The van der Waals surface area contributed by atoms with Gasteiger partial charge < -0.3 is 10.1 Å². The molecule has 0 bridgehead atoms. The van der Waals surface area contributed by atoms with E-state index in [9.17, 15) is 4.39 Å². The Bertz CT molecular complexity index is 560. The van der Waals surface area contributed by atoms with E-state index in [1.807, 2.05) is 7.05 Å². The molecule has 5 heteroatoms. The number of nitrogens with zero attached hydrogens (tertiary/aromatic N) is 1. The summed E-state index contributed by atoms with van der Waals surface area (Å²) in [5, 5.41) is 3.87. The number of aryl methyl sites for hydroxylation is 1. The van der Waals surface area contributed by atoms with Crippen LogP contribution in [0, 0.1) is 5.82 Å². The second kappa shape index (κ2) is 6.81. The minimum Gasteiger partial charge on any atom is -0.497 e. The summed E-state index contributed by atoms with van der Waals surface area (Å²) in [5.74, 6) is 0.226. The molecule has 2 rings (SSSR count). The van der Waals surface area contributed by atoms with E-state index in [-0.39, 0.29) is 5.82 Å². The molecule has 1 heterocycles. The normalized spacial score (nSPS) is 10.8. The maximum atomic E-state index is 14.1. The first kappa shape index (κ1) is 14.9. The topological polar surface area (TPSA) is 34.1 Å². The molecule has 0 saturated heterocycles. The largest absolute Gasteiger partial charge is 0.497 e. The van der Waals surface area contributed by atoms with Gasteiger partial charge >= 0.3 is 0 Å². The average Bonchev–Trinajstić information content (AvgIpc) is 2.82. The first-order valence-corrected chi connectivity index (χ1v) is 7.48. The summed E-state index contributed by atoms with van der Waals surface area (Å²) in [7, 11) is 3.44. The molecule has 0 radical (unpaired) electrons. The molecule has 0 aliphatic heterocycles. The zero-order valence-corrected chi connectivity index (χ0v) is 12.8. The number of thiazole rings is 1.